The SMILES string of the molecule is CC(C)(C)CC(Br)CNS(=O)(=O)C(F)F. The molecule has 0 spiro atoms. The van der Waals surface area contributed by atoms with Gasteiger partial charge in [0.25, 0.3) is 10.0 Å². The second-order valence-corrected chi connectivity index (χ2v) is 7.55. The third-order valence-electron chi connectivity index (χ3n) is 1.57. The summed E-state index contributed by atoms with van der Waals surface area (Å²) in [5.74, 6) is -3.37. The molecular weight excluding hydrogens is 292 g/mol. The summed E-state index contributed by atoms with van der Waals surface area (Å²) in [6, 6.07) is 0. The summed E-state index contributed by atoms with van der Waals surface area (Å²) in [5, 5.41) is 0. The van der Waals surface area contributed by atoms with Crippen LogP contribution in [0.2, 0.25) is 0 Å². The van der Waals surface area contributed by atoms with E-state index in [9.17, 15) is 17.2 Å². The second-order valence-electron chi connectivity index (χ2n) is 4.52. The molecule has 0 heterocycles. The Kier molecular flexibility index (Phi) is 5.63. The largest absolute Gasteiger partial charge is 0.350 e. The van der Waals surface area contributed by atoms with Crippen molar-refractivity contribution in [3.8, 4) is 0 Å². The van der Waals surface area contributed by atoms with Gasteiger partial charge in [0.2, 0.25) is 0 Å². The van der Waals surface area contributed by atoms with Crippen molar-refractivity contribution in [3.63, 3.8) is 0 Å². The Balaban J connectivity index is 4.08. The molecular formula is C8H16BrF2NO2S. The zero-order valence-corrected chi connectivity index (χ0v) is 11.3. The minimum absolute atomic E-state index is 0.0183. The van der Waals surface area contributed by atoms with Crippen LogP contribution in [0.1, 0.15) is 27.2 Å². The van der Waals surface area contributed by atoms with Gasteiger partial charge in [0.15, 0.2) is 0 Å². The van der Waals surface area contributed by atoms with Crippen LogP contribution in [0, 0.1) is 5.41 Å². The van der Waals surface area contributed by atoms with Gasteiger partial charge in [-0.25, -0.2) is 13.1 Å². The molecule has 0 aromatic rings. The maximum absolute atomic E-state index is 11.9. The lowest BCUT2D eigenvalue weighted by atomic mass is 9.91. The summed E-state index contributed by atoms with van der Waals surface area (Å²) in [5.41, 5.74) is 0.0183. The molecule has 1 N–H and O–H groups in total. The molecule has 0 bridgehead atoms. The van der Waals surface area contributed by atoms with Crippen LogP contribution in [0.5, 0.6) is 0 Å². The summed E-state index contributed by atoms with van der Waals surface area (Å²) in [6.45, 7) is 5.94. The fraction of sp³-hybridized carbons (Fsp3) is 1.00. The summed E-state index contributed by atoms with van der Waals surface area (Å²) < 4.78 is 47.2. The normalized spacial score (nSPS) is 15.7. The third-order valence-corrected chi connectivity index (χ3v) is 3.26. The number of nitrogens with one attached hydrogen (secondary N) is 1. The van der Waals surface area contributed by atoms with Gasteiger partial charge >= 0.3 is 5.76 Å². The van der Waals surface area contributed by atoms with Crippen LogP contribution in [0.4, 0.5) is 8.78 Å². The molecule has 0 aliphatic rings. The highest BCUT2D eigenvalue weighted by Gasteiger charge is 2.25. The van der Waals surface area contributed by atoms with E-state index >= 15 is 0 Å². The van der Waals surface area contributed by atoms with Gasteiger partial charge in [-0.2, -0.15) is 8.78 Å². The van der Waals surface area contributed by atoms with Gasteiger partial charge < -0.3 is 0 Å². The van der Waals surface area contributed by atoms with Gasteiger partial charge in [0.1, 0.15) is 0 Å². The van der Waals surface area contributed by atoms with Crippen molar-refractivity contribution >= 4 is 26.0 Å². The van der Waals surface area contributed by atoms with Crippen molar-refractivity contribution in [1.82, 2.24) is 4.72 Å². The molecule has 0 saturated heterocycles. The van der Waals surface area contributed by atoms with Crippen LogP contribution in [-0.2, 0) is 10.0 Å². The van der Waals surface area contributed by atoms with Crippen molar-refractivity contribution in [2.75, 3.05) is 6.54 Å². The molecule has 1 unspecified atom stereocenters. The molecule has 1 atom stereocenters. The van der Waals surface area contributed by atoms with Crippen molar-refractivity contribution in [2.24, 2.45) is 5.41 Å². The van der Waals surface area contributed by atoms with Crippen molar-refractivity contribution in [1.29, 1.82) is 0 Å². The maximum atomic E-state index is 11.9. The van der Waals surface area contributed by atoms with E-state index in [1.165, 1.54) is 0 Å². The molecule has 0 aromatic heterocycles. The van der Waals surface area contributed by atoms with E-state index in [1.54, 1.807) is 0 Å². The fourth-order valence-electron chi connectivity index (χ4n) is 1.01. The lowest BCUT2D eigenvalue weighted by molar-refractivity contribution is 0.232. The first-order valence-electron chi connectivity index (χ1n) is 4.45. The lowest BCUT2D eigenvalue weighted by Crippen LogP contribution is -2.34. The van der Waals surface area contributed by atoms with Crippen LogP contribution in [0.25, 0.3) is 0 Å². The zero-order chi connectivity index (χ0) is 12.3. The van der Waals surface area contributed by atoms with E-state index in [0.29, 0.717) is 6.42 Å². The molecule has 92 valence electrons. The molecule has 15 heavy (non-hydrogen) atoms. The Morgan fingerprint density at radius 1 is 1.33 bits per heavy atom. The summed E-state index contributed by atoms with van der Waals surface area (Å²) >= 11 is 3.24. The molecule has 0 fully saturated rings. The number of hydrogen-bond donors (Lipinski definition) is 1. The third kappa shape index (κ3) is 7.19. The van der Waals surface area contributed by atoms with Crippen molar-refractivity contribution in [3.05, 3.63) is 0 Å². The standard InChI is InChI=1S/C8H16BrF2NO2S/c1-8(2,3)4-6(9)5-12-15(13,14)7(10)11/h6-7,12H,4-5H2,1-3H3. The van der Waals surface area contributed by atoms with E-state index in [1.807, 2.05) is 25.5 Å². The smallest absolute Gasteiger partial charge is 0.209 e. The molecule has 0 amide bonds. The van der Waals surface area contributed by atoms with Gasteiger partial charge in [0, 0.05) is 11.4 Å². The topological polar surface area (TPSA) is 46.2 Å². The summed E-state index contributed by atoms with van der Waals surface area (Å²) in [7, 11) is -4.46. The van der Waals surface area contributed by atoms with Crippen LogP contribution < -0.4 is 4.72 Å². The Labute approximate surface area is 97.8 Å². The molecule has 0 aliphatic carbocycles. The van der Waals surface area contributed by atoms with Gasteiger partial charge in [-0.05, 0) is 11.8 Å². The van der Waals surface area contributed by atoms with E-state index in [2.05, 4.69) is 15.9 Å². The van der Waals surface area contributed by atoms with Gasteiger partial charge in [-0.3, -0.25) is 0 Å². The molecule has 0 rings (SSSR count). The highest BCUT2D eigenvalue weighted by Crippen LogP contribution is 2.24. The minimum Gasteiger partial charge on any atom is -0.209 e. The fourth-order valence-corrected chi connectivity index (χ4v) is 2.91. The molecule has 0 saturated carbocycles. The number of hydrogen-bond acceptors (Lipinski definition) is 2. The predicted molar refractivity (Wildman–Crippen MR) is 59.7 cm³/mol. The van der Waals surface area contributed by atoms with E-state index in [-0.39, 0.29) is 16.8 Å². The minimum atomic E-state index is -4.46. The Morgan fingerprint density at radius 3 is 2.13 bits per heavy atom. The average molecular weight is 308 g/mol. The molecule has 0 aromatic carbocycles. The number of halogens is 3. The van der Waals surface area contributed by atoms with Crippen LogP contribution >= 0.6 is 15.9 Å². The predicted octanol–water partition coefficient (Wildman–Crippen LogP) is 2.33. The van der Waals surface area contributed by atoms with Crippen molar-refractivity contribution < 1.29 is 17.2 Å². The molecule has 3 nitrogen and oxygen atoms in total. The zero-order valence-electron chi connectivity index (χ0n) is 8.93. The van der Waals surface area contributed by atoms with Crippen LogP contribution in [0.15, 0.2) is 0 Å². The number of alkyl halides is 3. The highest BCUT2D eigenvalue weighted by atomic mass is 79.9. The Morgan fingerprint density at radius 2 is 1.80 bits per heavy atom. The number of sulfonamides is 1. The Bertz CT molecular complexity index is 288. The highest BCUT2D eigenvalue weighted by molar-refractivity contribution is 9.09. The number of rotatable bonds is 5. The monoisotopic (exact) mass is 307 g/mol. The quantitative estimate of drug-likeness (QED) is 0.792. The van der Waals surface area contributed by atoms with E-state index < -0.39 is 15.8 Å². The first kappa shape index (κ1) is 15.2. The van der Waals surface area contributed by atoms with Gasteiger partial charge in [-0.15, -0.1) is 0 Å². The molecule has 7 heteroatoms. The first-order chi connectivity index (χ1) is 6.54. The maximum Gasteiger partial charge on any atom is 0.350 e. The average Bonchev–Trinajstić information content (AvgIpc) is 1.97. The van der Waals surface area contributed by atoms with Gasteiger partial charge in [0.05, 0.1) is 0 Å². The van der Waals surface area contributed by atoms with Gasteiger partial charge in [-0.1, -0.05) is 36.7 Å². The van der Waals surface area contributed by atoms with E-state index in [4.69, 9.17) is 0 Å². The summed E-state index contributed by atoms with van der Waals surface area (Å²) in [4.78, 5) is -0.147. The molecule has 0 aliphatic heterocycles. The second kappa shape index (κ2) is 5.54. The van der Waals surface area contributed by atoms with Crippen LogP contribution in [0.3, 0.4) is 0 Å². The first-order valence-corrected chi connectivity index (χ1v) is 6.91. The van der Waals surface area contributed by atoms with Crippen LogP contribution in [-0.4, -0.2) is 25.5 Å². The summed E-state index contributed by atoms with van der Waals surface area (Å²) in [6.07, 6.45) is 0.693. The van der Waals surface area contributed by atoms with E-state index in [0.717, 1.165) is 0 Å². The lowest BCUT2D eigenvalue weighted by Gasteiger charge is -2.22. The molecule has 0 radical (unpaired) electrons. The van der Waals surface area contributed by atoms with Crippen molar-refractivity contribution in [2.45, 2.75) is 37.8 Å². The Hall–Kier alpha value is 0.250.